The van der Waals surface area contributed by atoms with Gasteiger partial charge in [0.25, 0.3) is 0 Å². The van der Waals surface area contributed by atoms with Gasteiger partial charge in [-0.2, -0.15) is 0 Å². The molecule has 0 aliphatic rings. The van der Waals surface area contributed by atoms with Gasteiger partial charge in [-0.05, 0) is 32.2 Å². The lowest BCUT2D eigenvalue weighted by Gasteiger charge is -2.14. The molecule has 0 saturated heterocycles. The van der Waals surface area contributed by atoms with Crippen molar-refractivity contribution in [1.29, 1.82) is 0 Å². The maximum atomic E-state index is 13.0. The molecule has 0 atom stereocenters. The van der Waals surface area contributed by atoms with E-state index in [0.29, 0.717) is 25.4 Å². The van der Waals surface area contributed by atoms with Gasteiger partial charge in [0.15, 0.2) is 5.78 Å². The third-order valence-electron chi connectivity index (χ3n) is 4.58. The normalized spacial score (nSPS) is 12.4. The molecule has 6 nitrogen and oxygen atoms in total. The predicted octanol–water partition coefficient (Wildman–Crippen LogP) is 3.05. The number of methoxy groups -OCH3 is 1. The second kappa shape index (κ2) is 7.68. The molecule has 0 spiro atoms. The maximum absolute atomic E-state index is 13.0. The van der Waals surface area contributed by atoms with Crippen molar-refractivity contribution in [3.05, 3.63) is 53.7 Å². The molecule has 26 heavy (non-hydrogen) atoms. The third-order valence-corrected chi connectivity index (χ3v) is 4.58. The average Bonchev–Trinajstić information content (AvgIpc) is 2.99. The van der Waals surface area contributed by atoms with Crippen LogP contribution >= 0.6 is 0 Å². The molecule has 0 saturated carbocycles. The molecule has 0 unspecified atom stereocenters. The molecule has 0 radical (unpaired) electrons. The fourth-order valence-corrected chi connectivity index (χ4v) is 3.16. The summed E-state index contributed by atoms with van der Waals surface area (Å²) in [6.45, 7) is 3.35. The van der Waals surface area contributed by atoms with Crippen molar-refractivity contribution in [2.75, 3.05) is 33.9 Å². The molecule has 0 aliphatic heterocycles. The van der Waals surface area contributed by atoms with Crippen LogP contribution in [0.25, 0.3) is 16.4 Å². The Balaban J connectivity index is 2.10. The van der Waals surface area contributed by atoms with E-state index in [4.69, 9.17) is 9.94 Å². The molecule has 0 fully saturated rings. The Kier molecular flexibility index (Phi) is 5.35. The van der Waals surface area contributed by atoms with Gasteiger partial charge in [-0.1, -0.05) is 23.4 Å². The van der Waals surface area contributed by atoms with E-state index in [2.05, 4.69) is 5.16 Å². The molecule has 0 bridgehead atoms. The summed E-state index contributed by atoms with van der Waals surface area (Å²) in [5, 5.41) is 13.2. The van der Waals surface area contributed by atoms with Crippen LogP contribution in [0.5, 0.6) is 0 Å². The minimum Gasteiger partial charge on any atom is -0.411 e. The second-order valence-electron chi connectivity index (χ2n) is 6.40. The summed E-state index contributed by atoms with van der Waals surface area (Å²) in [6, 6.07) is 11.6. The largest absolute Gasteiger partial charge is 0.411 e. The van der Waals surface area contributed by atoms with Crippen LogP contribution in [0.2, 0.25) is 0 Å². The van der Waals surface area contributed by atoms with E-state index in [9.17, 15) is 4.79 Å². The van der Waals surface area contributed by atoms with Crippen LogP contribution in [-0.4, -0.2) is 59.9 Å². The molecule has 1 aromatic carbocycles. The zero-order valence-electron chi connectivity index (χ0n) is 15.3. The standard InChI is InChI=1S/C20H23N3O3/c1-14(21-25)15-7-8-16-18(12-15)23-9-5-4-6-17(23)20(16)19(24)13-22(2)10-11-26-3/h4-9,12,25H,10-11,13H2,1-3H3/b21-14+. The number of hydrogen-bond donors (Lipinski definition) is 1. The van der Waals surface area contributed by atoms with E-state index in [-0.39, 0.29) is 5.78 Å². The number of fused-ring (bicyclic) bond motifs is 3. The van der Waals surface area contributed by atoms with Crippen molar-refractivity contribution >= 4 is 27.9 Å². The van der Waals surface area contributed by atoms with Gasteiger partial charge in [0.2, 0.25) is 0 Å². The van der Waals surface area contributed by atoms with Gasteiger partial charge in [0, 0.05) is 30.8 Å². The Hall–Kier alpha value is -2.70. The maximum Gasteiger partial charge on any atom is 0.179 e. The molecular weight excluding hydrogens is 330 g/mol. The number of ether oxygens (including phenoxy) is 1. The van der Waals surface area contributed by atoms with Crippen LogP contribution in [0.4, 0.5) is 0 Å². The van der Waals surface area contributed by atoms with Crippen LogP contribution < -0.4 is 0 Å². The van der Waals surface area contributed by atoms with Crippen molar-refractivity contribution in [3.63, 3.8) is 0 Å². The molecule has 2 heterocycles. The molecule has 0 amide bonds. The van der Waals surface area contributed by atoms with E-state index >= 15 is 0 Å². The van der Waals surface area contributed by atoms with Gasteiger partial charge in [0.05, 0.1) is 35.5 Å². The lowest BCUT2D eigenvalue weighted by atomic mass is 10.0. The number of ketones is 1. The van der Waals surface area contributed by atoms with Crippen molar-refractivity contribution in [2.24, 2.45) is 5.16 Å². The van der Waals surface area contributed by atoms with Crippen molar-refractivity contribution in [1.82, 2.24) is 9.30 Å². The predicted molar refractivity (Wildman–Crippen MR) is 103 cm³/mol. The number of likely N-dealkylation sites (N-methyl/N-ethyl adjacent to an activating group) is 1. The minimum atomic E-state index is 0.0719. The number of Topliss-reactive ketones (excluding diaryl/α,β-unsaturated/α-hetero) is 1. The molecule has 136 valence electrons. The van der Waals surface area contributed by atoms with Crippen LogP contribution in [0.1, 0.15) is 22.8 Å². The highest BCUT2D eigenvalue weighted by Crippen LogP contribution is 2.28. The number of benzene rings is 1. The van der Waals surface area contributed by atoms with Crippen molar-refractivity contribution < 1.29 is 14.7 Å². The number of aromatic nitrogens is 1. The first-order valence-electron chi connectivity index (χ1n) is 8.49. The Morgan fingerprint density at radius 1 is 1.27 bits per heavy atom. The fourth-order valence-electron chi connectivity index (χ4n) is 3.16. The summed E-state index contributed by atoms with van der Waals surface area (Å²) in [4.78, 5) is 15.0. The quantitative estimate of drug-likeness (QED) is 0.307. The van der Waals surface area contributed by atoms with Gasteiger partial charge in [0.1, 0.15) is 0 Å². The van der Waals surface area contributed by atoms with Crippen LogP contribution in [-0.2, 0) is 4.74 Å². The van der Waals surface area contributed by atoms with E-state index < -0.39 is 0 Å². The number of carbonyl (C=O) groups excluding carboxylic acids is 1. The number of rotatable bonds is 7. The number of hydrogen-bond acceptors (Lipinski definition) is 5. The van der Waals surface area contributed by atoms with Crippen molar-refractivity contribution in [3.8, 4) is 0 Å². The highest BCUT2D eigenvalue weighted by molar-refractivity contribution is 6.16. The van der Waals surface area contributed by atoms with Gasteiger partial charge in [-0.25, -0.2) is 0 Å². The third kappa shape index (κ3) is 3.34. The second-order valence-corrected chi connectivity index (χ2v) is 6.40. The van der Waals surface area contributed by atoms with Gasteiger partial charge >= 0.3 is 0 Å². The topological polar surface area (TPSA) is 66.5 Å². The molecule has 3 aromatic rings. The lowest BCUT2D eigenvalue weighted by Crippen LogP contribution is -2.29. The summed E-state index contributed by atoms with van der Waals surface area (Å²) >= 11 is 0. The Morgan fingerprint density at radius 2 is 2.08 bits per heavy atom. The Morgan fingerprint density at radius 3 is 2.81 bits per heavy atom. The zero-order valence-corrected chi connectivity index (χ0v) is 15.3. The number of carbonyl (C=O) groups is 1. The monoisotopic (exact) mass is 353 g/mol. The van der Waals surface area contributed by atoms with E-state index in [1.807, 2.05) is 58.9 Å². The summed E-state index contributed by atoms with van der Waals surface area (Å²) in [5.41, 5.74) is 3.87. The summed E-state index contributed by atoms with van der Waals surface area (Å²) in [5.74, 6) is 0.0719. The fraction of sp³-hybridized carbons (Fsp3) is 0.300. The number of oxime groups is 1. The molecule has 0 aliphatic carbocycles. The highest BCUT2D eigenvalue weighted by atomic mass is 16.5. The first-order valence-corrected chi connectivity index (χ1v) is 8.49. The average molecular weight is 353 g/mol. The summed E-state index contributed by atoms with van der Waals surface area (Å²) in [7, 11) is 3.57. The molecular formula is C20H23N3O3. The summed E-state index contributed by atoms with van der Waals surface area (Å²) in [6.07, 6.45) is 1.94. The number of pyridine rings is 1. The molecule has 1 N–H and O–H groups in total. The molecule has 2 aromatic heterocycles. The van der Waals surface area contributed by atoms with Crippen LogP contribution in [0.15, 0.2) is 47.8 Å². The summed E-state index contributed by atoms with van der Waals surface area (Å²) < 4.78 is 7.09. The van der Waals surface area contributed by atoms with Gasteiger partial charge in [-0.15, -0.1) is 0 Å². The van der Waals surface area contributed by atoms with Gasteiger partial charge in [-0.3, -0.25) is 9.69 Å². The van der Waals surface area contributed by atoms with E-state index in [1.165, 1.54) is 0 Å². The number of nitrogens with zero attached hydrogens (tertiary/aromatic N) is 3. The zero-order chi connectivity index (χ0) is 18.7. The molecule has 6 heteroatoms. The van der Waals surface area contributed by atoms with Crippen molar-refractivity contribution in [2.45, 2.75) is 6.92 Å². The van der Waals surface area contributed by atoms with E-state index in [0.717, 1.165) is 27.5 Å². The van der Waals surface area contributed by atoms with Crippen LogP contribution in [0.3, 0.4) is 0 Å². The lowest BCUT2D eigenvalue weighted by molar-refractivity contribution is 0.0926. The van der Waals surface area contributed by atoms with Gasteiger partial charge < -0.3 is 14.3 Å². The Bertz CT molecular complexity index is 975. The van der Waals surface area contributed by atoms with Crippen LogP contribution in [0, 0.1) is 0 Å². The smallest absolute Gasteiger partial charge is 0.179 e. The molecule has 3 rings (SSSR count). The first kappa shape index (κ1) is 18.1. The first-order chi connectivity index (χ1) is 12.6. The Labute approximate surface area is 152 Å². The van der Waals surface area contributed by atoms with E-state index in [1.54, 1.807) is 14.0 Å². The minimum absolute atomic E-state index is 0.0719. The SMILES string of the molecule is COCCN(C)CC(=O)c1c2ccc(/C(C)=N/O)cc2n2ccccc12. The highest BCUT2D eigenvalue weighted by Gasteiger charge is 2.19.